The minimum absolute atomic E-state index is 0.0383. The van der Waals surface area contributed by atoms with Crippen LogP contribution in [-0.4, -0.2) is 65.2 Å². The van der Waals surface area contributed by atoms with Gasteiger partial charge in [0.2, 0.25) is 5.60 Å². The molecule has 1 saturated heterocycles. The number of hydrogen-bond donors (Lipinski definition) is 2. The quantitative estimate of drug-likeness (QED) is 0.0859. The Labute approximate surface area is 297 Å². The van der Waals surface area contributed by atoms with Gasteiger partial charge < -0.3 is 19.7 Å². The Kier molecular flexibility index (Phi) is 11.4. The molecule has 1 heterocycles. The van der Waals surface area contributed by atoms with Crippen molar-refractivity contribution in [2.75, 3.05) is 26.3 Å². The molecule has 1 aliphatic heterocycles. The van der Waals surface area contributed by atoms with Gasteiger partial charge in [-0.25, -0.2) is 4.79 Å². The average molecular weight is 690 g/mol. The van der Waals surface area contributed by atoms with Gasteiger partial charge in [0, 0.05) is 30.0 Å². The minimum Gasteiger partial charge on any atom is -0.507 e. The van der Waals surface area contributed by atoms with E-state index in [2.05, 4.69) is 17.0 Å². The predicted molar refractivity (Wildman–Crippen MR) is 190 cm³/mol. The van der Waals surface area contributed by atoms with Crippen LogP contribution in [0.15, 0.2) is 103 Å². The summed E-state index contributed by atoms with van der Waals surface area (Å²) in [5.74, 6) is -0.922. The molecular weight excluding hydrogens is 646 g/mol. The highest BCUT2D eigenvalue weighted by molar-refractivity contribution is 5.98. The van der Waals surface area contributed by atoms with Crippen molar-refractivity contribution >= 4 is 23.8 Å². The number of ketones is 2. The van der Waals surface area contributed by atoms with Crippen LogP contribution < -0.4 is 4.74 Å². The molecule has 2 N–H and O–H groups in total. The number of carbonyl (C=O) groups excluding carboxylic acids is 4. The number of phenolic OH excluding ortho intramolecular Hbond substituents is 1. The molecule has 9 nitrogen and oxygen atoms in total. The SMILES string of the molecule is O=Cc1ccc(C(=O)C[C@H]2C[C@H](C(=O)COc3cccc([C@](O)(C(=O)OCC4CCN(Cc5ccccc5)CC4)c4ccccc4)c3)C2)cc1O. The zero-order chi connectivity index (χ0) is 35.8. The number of phenols is 1. The highest BCUT2D eigenvalue weighted by Gasteiger charge is 2.42. The highest BCUT2D eigenvalue weighted by Crippen LogP contribution is 2.38. The van der Waals surface area contributed by atoms with Gasteiger partial charge in [-0.1, -0.05) is 78.9 Å². The van der Waals surface area contributed by atoms with Crippen LogP contribution in [0.5, 0.6) is 11.5 Å². The molecule has 4 aromatic rings. The number of nitrogens with zero attached hydrogens (tertiary/aromatic N) is 1. The van der Waals surface area contributed by atoms with Gasteiger partial charge >= 0.3 is 5.97 Å². The number of carbonyl (C=O) groups is 4. The summed E-state index contributed by atoms with van der Waals surface area (Å²) >= 11 is 0. The summed E-state index contributed by atoms with van der Waals surface area (Å²) in [4.78, 5) is 52.7. The summed E-state index contributed by atoms with van der Waals surface area (Å²) in [6.45, 7) is 2.72. The number of aromatic hydroxyl groups is 1. The molecule has 0 unspecified atom stereocenters. The summed E-state index contributed by atoms with van der Waals surface area (Å²) < 4.78 is 11.7. The van der Waals surface area contributed by atoms with E-state index in [1.165, 1.54) is 23.8 Å². The monoisotopic (exact) mass is 689 g/mol. The highest BCUT2D eigenvalue weighted by atomic mass is 16.5. The Balaban J connectivity index is 1.02. The molecule has 1 atom stereocenters. The molecule has 0 amide bonds. The summed E-state index contributed by atoms with van der Waals surface area (Å²) in [6.07, 6.45) is 3.66. The number of hydrogen-bond acceptors (Lipinski definition) is 9. The van der Waals surface area contributed by atoms with E-state index in [9.17, 15) is 29.4 Å². The second kappa shape index (κ2) is 16.3. The molecule has 0 radical (unpaired) electrons. The first-order chi connectivity index (χ1) is 24.7. The van der Waals surface area contributed by atoms with Gasteiger partial charge in [0.1, 0.15) is 18.1 Å². The third-order valence-corrected chi connectivity index (χ3v) is 10.2. The smallest absolute Gasteiger partial charge is 0.347 e. The van der Waals surface area contributed by atoms with Gasteiger partial charge in [0.15, 0.2) is 17.9 Å². The Bertz CT molecular complexity index is 1830. The molecule has 2 aliphatic rings. The van der Waals surface area contributed by atoms with E-state index in [0.29, 0.717) is 36.0 Å². The van der Waals surface area contributed by atoms with Crippen LogP contribution in [0.1, 0.15) is 69.5 Å². The van der Waals surface area contributed by atoms with Crippen LogP contribution in [0.4, 0.5) is 0 Å². The van der Waals surface area contributed by atoms with Crippen molar-refractivity contribution in [3.63, 3.8) is 0 Å². The Morgan fingerprint density at radius 3 is 2.20 bits per heavy atom. The molecule has 264 valence electrons. The van der Waals surface area contributed by atoms with E-state index in [0.717, 1.165) is 32.5 Å². The van der Waals surface area contributed by atoms with Gasteiger partial charge in [0.05, 0.1) is 12.2 Å². The predicted octanol–water partition coefficient (Wildman–Crippen LogP) is 6.14. The first-order valence-electron chi connectivity index (χ1n) is 17.5. The van der Waals surface area contributed by atoms with Crippen molar-refractivity contribution in [1.82, 2.24) is 4.90 Å². The Hall–Kier alpha value is -5.12. The van der Waals surface area contributed by atoms with E-state index in [1.807, 2.05) is 24.3 Å². The largest absolute Gasteiger partial charge is 0.507 e. The van der Waals surface area contributed by atoms with Crippen LogP contribution in [0.2, 0.25) is 0 Å². The van der Waals surface area contributed by atoms with Crippen LogP contribution in [0.25, 0.3) is 0 Å². The van der Waals surface area contributed by atoms with Gasteiger partial charge in [-0.05, 0) is 86.0 Å². The van der Waals surface area contributed by atoms with Gasteiger partial charge in [-0.15, -0.1) is 0 Å². The minimum atomic E-state index is -2.09. The number of benzene rings is 4. The third kappa shape index (κ3) is 8.61. The van der Waals surface area contributed by atoms with Gasteiger partial charge in [-0.3, -0.25) is 19.3 Å². The Morgan fingerprint density at radius 2 is 1.51 bits per heavy atom. The lowest BCUT2D eigenvalue weighted by Gasteiger charge is -2.34. The lowest BCUT2D eigenvalue weighted by molar-refractivity contribution is -0.164. The maximum absolute atomic E-state index is 13.7. The van der Waals surface area contributed by atoms with E-state index in [-0.39, 0.29) is 65.8 Å². The maximum Gasteiger partial charge on any atom is 0.347 e. The van der Waals surface area contributed by atoms with E-state index < -0.39 is 11.6 Å². The van der Waals surface area contributed by atoms with E-state index in [4.69, 9.17) is 9.47 Å². The zero-order valence-electron chi connectivity index (χ0n) is 28.5. The molecule has 1 saturated carbocycles. The molecular formula is C42H43NO8. The molecule has 0 spiro atoms. The average Bonchev–Trinajstić information content (AvgIpc) is 3.15. The van der Waals surface area contributed by atoms with Crippen molar-refractivity contribution < 1.29 is 38.9 Å². The molecule has 0 bridgehead atoms. The van der Waals surface area contributed by atoms with E-state index in [1.54, 1.807) is 48.5 Å². The molecule has 4 aromatic carbocycles. The maximum atomic E-state index is 13.7. The van der Waals surface area contributed by atoms with Crippen molar-refractivity contribution in [1.29, 1.82) is 0 Å². The fraction of sp³-hybridized carbons (Fsp3) is 0.333. The van der Waals surface area contributed by atoms with Gasteiger partial charge in [0.25, 0.3) is 0 Å². The number of esters is 1. The van der Waals surface area contributed by atoms with Crippen molar-refractivity contribution in [2.24, 2.45) is 17.8 Å². The fourth-order valence-corrected chi connectivity index (χ4v) is 6.98. The summed E-state index contributed by atoms with van der Waals surface area (Å²) in [5, 5.41) is 22.0. The third-order valence-electron chi connectivity index (χ3n) is 10.2. The molecule has 0 aromatic heterocycles. The standard InChI is InChI=1S/C42H43NO8/c44-26-33-15-14-32(23-39(33)46)38(45)22-31-20-34(21-31)40(47)28-50-37-13-7-12-36(24-37)42(49,35-10-5-2-6-11-35)41(48)51-27-30-16-18-43(19-17-30)25-29-8-3-1-4-9-29/h1-15,23-24,26,30-31,34,46,49H,16-22,25,27-28H2/t31-,34-,42-/m0/s1. The number of ether oxygens (including phenoxy) is 2. The van der Waals surface area contributed by atoms with Crippen molar-refractivity contribution in [2.45, 2.75) is 44.2 Å². The first-order valence-corrected chi connectivity index (χ1v) is 17.5. The molecule has 2 fully saturated rings. The number of likely N-dealkylation sites (tertiary alicyclic amines) is 1. The van der Waals surface area contributed by atoms with Crippen molar-refractivity contribution in [3.05, 3.63) is 131 Å². The van der Waals surface area contributed by atoms with Crippen LogP contribution in [-0.2, 0) is 26.5 Å². The van der Waals surface area contributed by atoms with E-state index >= 15 is 0 Å². The fourth-order valence-electron chi connectivity index (χ4n) is 6.98. The zero-order valence-corrected chi connectivity index (χ0v) is 28.5. The lowest BCUT2D eigenvalue weighted by atomic mass is 9.70. The number of aldehydes is 1. The lowest BCUT2D eigenvalue weighted by Crippen LogP contribution is -2.40. The summed E-state index contributed by atoms with van der Waals surface area (Å²) in [7, 11) is 0. The van der Waals surface area contributed by atoms with Crippen LogP contribution in [0, 0.1) is 17.8 Å². The molecule has 51 heavy (non-hydrogen) atoms. The summed E-state index contributed by atoms with van der Waals surface area (Å²) in [5.41, 5.74) is 0.279. The number of piperidine rings is 1. The summed E-state index contributed by atoms with van der Waals surface area (Å²) in [6, 6.07) is 29.8. The van der Waals surface area contributed by atoms with Gasteiger partial charge in [-0.2, -0.15) is 0 Å². The van der Waals surface area contributed by atoms with Crippen LogP contribution >= 0.6 is 0 Å². The number of aliphatic hydroxyl groups is 1. The first kappa shape index (κ1) is 35.7. The topological polar surface area (TPSA) is 130 Å². The molecule has 1 aliphatic carbocycles. The molecule has 9 heteroatoms. The normalized spacial score (nSPS) is 18.9. The number of rotatable bonds is 15. The second-order valence-corrected chi connectivity index (χ2v) is 13.7. The Morgan fingerprint density at radius 1 is 0.824 bits per heavy atom. The van der Waals surface area contributed by atoms with Crippen LogP contribution in [0.3, 0.4) is 0 Å². The second-order valence-electron chi connectivity index (χ2n) is 13.7. The van der Waals surface area contributed by atoms with Crippen molar-refractivity contribution in [3.8, 4) is 11.5 Å². The molecule has 6 rings (SSSR count). The number of Topliss-reactive ketones (excluding diaryl/α,β-unsaturated/α-hetero) is 2.